The molecule has 1 fully saturated rings. The maximum atomic E-state index is 13.6. The maximum absolute atomic E-state index is 13.6. The van der Waals surface area contributed by atoms with Gasteiger partial charge in [-0.3, -0.25) is 4.98 Å². The van der Waals surface area contributed by atoms with E-state index in [1.165, 1.54) is 25.0 Å². The normalized spacial score (nSPS) is 14.3. The maximum Gasteiger partial charge on any atom is 0.145 e. The summed E-state index contributed by atoms with van der Waals surface area (Å²) in [6.07, 6.45) is 4.07. The lowest BCUT2D eigenvalue weighted by Crippen LogP contribution is -2.15. The van der Waals surface area contributed by atoms with Crippen LogP contribution < -0.4 is 10.1 Å². The van der Waals surface area contributed by atoms with Crippen molar-refractivity contribution in [2.45, 2.75) is 32.4 Å². The van der Waals surface area contributed by atoms with E-state index in [-0.39, 0.29) is 5.82 Å². The number of nitrogens with zero attached hydrogens (tertiary/aromatic N) is 1. The topological polar surface area (TPSA) is 34.1 Å². The molecule has 3 rings (SSSR count). The molecule has 0 bridgehead atoms. The van der Waals surface area contributed by atoms with Crippen LogP contribution in [-0.2, 0) is 6.54 Å². The number of pyridine rings is 1. The van der Waals surface area contributed by atoms with Gasteiger partial charge in [-0.15, -0.1) is 0 Å². The highest BCUT2D eigenvalue weighted by molar-refractivity contribution is 5.34. The van der Waals surface area contributed by atoms with E-state index in [0.29, 0.717) is 24.1 Å². The van der Waals surface area contributed by atoms with Crippen molar-refractivity contribution in [2.24, 2.45) is 0 Å². The Bertz CT molecular complexity index is 594. The largest absolute Gasteiger partial charge is 0.456 e. The Morgan fingerprint density at radius 2 is 2.10 bits per heavy atom. The van der Waals surface area contributed by atoms with Crippen molar-refractivity contribution in [3.8, 4) is 11.5 Å². The number of benzene rings is 1. The van der Waals surface area contributed by atoms with Crippen molar-refractivity contribution in [2.75, 3.05) is 0 Å². The van der Waals surface area contributed by atoms with Gasteiger partial charge in [-0.05, 0) is 49.6 Å². The number of halogens is 1. The van der Waals surface area contributed by atoms with Crippen molar-refractivity contribution >= 4 is 0 Å². The van der Waals surface area contributed by atoms with Crippen LogP contribution in [0.1, 0.15) is 24.1 Å². The molecule has 0 spiro atoms. The van der Waals surface area contributed by atoms with Gasteiger partial charge in [0.1, 0.15) is 17.3 Å². The molecule has 1 heterocycles. The minimum absolute atomic E-state index is 0.282. The number of nitrogens with one attached hydrogen (secondary N) is 1. The summed E-state index contributed by atoms with van der Waals surface area (Å²) < 4.78 is 19.3. The Morgan fingerprint density at radius 1 is 1.25 bits per heavy atom. The van der Waals surface area contributed by atoms with Crippen molar-refractivity contribution in [3.05, 3.63) is 53.6 Å². The molecule has 1 aliphatic carbocycles. The fourth-order valence-electron chi connectivity index (χ4n) is 1.98. The molecule has 4 heteroatoms. The lowest BCUT2D eigenvalue weighted by molar-refractivity contribution is 0.472. The summed E-state index contributed by atoms with van der Waals surface area (Å²) in [5, 5.41) is 3.36. The molecule has 2 aromatic rings. The zero-order chi connectivity index (χ0) is 13.9. The van der Waals surface area contributed by atoms with Crippen LogP contribution in [0.3, 0.4) is 0 Å². The molecule has 0 unspecified atom stereocenters. The van der Waals surface area contributed by atoms with E-state index >= 15 is 0 Å². The standard InChI is InChI=1S/C16H17FN2O/c1-11-2-5-15(10-18-11)20-16-7-12(6-13(17)8-16)9-19-14-3-4-14/h2,5-8,10,14,19H,3-4,9H2,1H3. The van der Waals surface area contributed by atoms with Gasteiger partial charge in [0.05, 0.1) is 6.20 Å². The highest BCUT2D eigenvalue weighted by Gasteiger charge is 2.20. The first-order valence-electron chi connectivity index (χ1n) is 6.82. The second-order valence-electron chi connectivity index (χ2n) is 5.19. The van der Waals surface area contributed by atoms with Crippen molar-refractivity contribution in [3.63, 3.8) is 0 Å². The fraction of sp³-hybridized carbons (Fsp3) is 0.312. The van der Waals surface area contributed by atoms with E-state index in [1.807, 2.05) is 25.1 Å². The van der Waals surface area contributed by atoms with Gasteiger partial charge in [-0.2, -0.15) is 0 Å². The quantitative estimate of drug-likeness (QED) is 0.903. The molecular weight excluding hydrogens is 255 g/mol. The Balaban J connectivity index is 1.72. The van der Waals surface area contributed by atoms with Gasteiger partial charge in [0, 0.05) is 24.3 Å². The van der Waals surface area contributed by atoms with Crippen LogP contribution in [0.25, 0.3) is 0 Å². The Hall–Kier alpha value is -1.94. The van der Waals surface area contributed by atoms with Crippen molar-refractivity contribution < 1.29 is 9.13 Å². The Morgan fingerprint density at radius 3 is 2.80 bits per heavy atom. The zero-order valence-corrected chi connectivity index (χ0v) is 11.4. The molecule has 1 aliphatic rings. The van der Waals surface area contributed by atoms with E-state index in [1.54, 1.807) is 6.20 Å². The SMILES string of the molecule is Cc1ccc(Oc2cc(F)cc(CNC3CC3)c2)cn1. The van der Waals surface area contributed by atoms with Gasteiger partial charge < -0.3 is 10.1 Å². The first kappa shape index (κ1) is 13.1. The summed E-state index contributed by atoms with van der Waals surface area (Å²) in [5.74, 6) is 0.834. The molecule has 3 nitrogen and oxygen atoms in total. The molecule has 0 radical (unpaired) electrons. The fourth-order valence-corrected chi connectivity index (χ4v) is 1.98. The van der Waals surface area contributed by atoms with E-state index < -0.39 is 0 Å². The molecule has 1 aromatic heterocycles. The molecule has 1 N–H and O–H groups in total. The number of aromatic nitrogens is 1. The monoisotopic (exact) mass is 272 g/mol. The number of ether oxygens (including phenoxy) is 1. The predicted molar refractivity (Wildman–Crippen MR) is 75.3 cm³/mol. The van der Waals surface area contributed by atoms with Crippen LogP contribution >= 0.6 is 0 Å². The van der Waals surface area contributed by atoms with Gasteiger partial charge in [0.15, 0.2) is 0 Å². The van der Waals surface area contributed by atoms with Crippen LogP contribution in [0.4, 0.5) is 4.39 Å². The summed E-state index contributed by atoms with van der Waals surface area (Å²) in [6.45, 7) is 2.58. The highest BCUT2D eigenvalue weighted by Crippen LogP contribution is 2.24. The van der Waals surface area contributed by atoms with E-state index in [4.69, 9.17) is 4.74 Å². The van der Waals surface area contributed by atoms with E-state index in [2.05, 4.69) is 10.3 Å². The lowest BCUT2D eigenvalue weighted by atomic mass is 10.2. The van der Waals surface area contributed by atoms with E-state index in [9.17, 15) is 4.39 Å². The minimum Gasteiger partial charge on any atom is -0.456 e. The number of hydrogen-bond acceptors (Lipinski definition) is 3. The summed E-state index contributed by atoms with van der Waals surface area (Å²) in [6, 6.07) is 9.08. The molecule has 1 saturated carbocycles. The third kappa shape index (κ3) is 3.54. The minimum atomic E-state index is -0.282. The number of hydrogen-bond donors (Lipinski definition) is 1. The van der Waals surface area contributed by atoms with Gasteiger partial charge in [-0.25, -0.2) is 4.39 Å². The van der Waals surface area contributed by atoms with Gasteiger partial charge in [0.2, 0.25) is 0 Å². The van der Waals surface area contributed by atoms with Crippen molar-refractivity contribution in [1.82, 2.24) is 10.3 Å². The summed E-state index contributed by atoms with van der Waals surface area (Å²) in [5.41, 5.74) is 1.82. The molecule has 0 aliphatic heterocycles. The highest BCUT2D eigenvalue weighted by atomic mass is 19.1. The molecule has 0 atom stereocenters. The van der Waals surface area contributed by atoms with Gasteiger partial charge >= 0.3 is 0 Å². The van der Waals surface area contributed by atoms with Gasteiger partial charge in [0.25, 0.3) is 0 Å². The lowest BCUT2D eigenvalue weighted by Gasteiger charge is -2.09. The third-order valence-corrected chi connectivity index (χ3v) is 3.22. The van der Waals surface area contributed by atoms with E-state index in [0.717, 1.165) is 11.3 Å². The average molecular weight is 272 g/mol. The second kappa shape index (κ2) is 5.59. The third-order valence-electron chi connectivity index (χ3n) is 3.22. The molecular formula is C16H17FN2O. The first-order valence-corrected chi connectivity index (χ1v) is 6.82. The van der Waals surface area contributed by atoms with Crippen LogP contribution in [0, 0.1) is 12.7 Å². The Kier molecular flexibility index (Phi) is 3.65. The molecule has 104 valence electrons. The molecule has 1 aromatic carbocycles. The summed E-state index contributed by atoms with van der Waals surface area (Å²) in [4.78, 5) is 4.16. The van der Waals surface area contributed by atoms with Gasteiger partial charge in [-0.1, -0.05) is 0 Å². The first-order chi connectivity index (χ1) is 9.69. The van der Waals surface area contributed by atoms with Crippen LogP contribution in [-0.4, -0.2) is 11.0 Å². The van der Waals surface area contributed by atoms with Crippen LogP contribution in [0.15, 0.2) is 36.5 Å². The van der Waals surface area contributed by atoms with Crippen LogP contribution in [0.2, 0.25) is 0 Å². The molecule has 0 saturated heterocycles. The average Bonchev–Trinajstić information content (AvgIpc) is 3.23. The summed E-state index contributed by atoms with van der Waals surface area (Å²) in [7, 11) is 0. The number of rotatable bonds is 5. The predicted octanol–water partition coefficient (Wildman–Crippen LogP) is 3.57. The molecule has 20 heavy (non-hydrogen) atoms. The Labute approximate surface area is 117 Å². The summed E-state index contributed by atoms with van der Waals surface area (Å²) >= 11 is 0. The molecule has 0 amide bonds. The number of aryl methyl sites for hydroxylation is 1. The van der Waals surface area contributed by atoms with Crippen LogP contribution in [0.5, 0.6) is 11.5 Å². The zero-order valence-electron chi connectivity index (χ0n) is 11.4. The van der Waals surface area contributed by atoms with Crippen molar-refractivity contribution in [1.29, 1.82) is 0 Å². The smallest absolute Gasteiger partial charge is 0.145 e. The second-order valence-corrected chi connectivity index (χ2v) is 5.19.